The predicted octanol–water partition coefficient (Wildman–Crippen LogP) is 5.32. The highest BCUT2D eigenvalue weighted by molar-refractivity contribution is 6.30. The number of nitrogens with one attached hydrogen (secondary N) is 1. The molecule has 4 aromatic rings. The van der Waals surface area contributed by atoms with Crippen molar-refractivity contribution in [1.29, 1.82) is 0 Å². The number of nitrogens with zero attached hydrogens (tertiary/aromatic N) is 6. The molecule has 2 aliphatic rings. The zero-order valence-corrected chi connectivity index (χ0v) is 23.3. The van der Waals surface area contributed by atoms with Gasteiger partial charge in [0.25, 0.3) is 0 Å². The Morgan fingerprint density at radius 3 is 2.67 bits per heavy atom. The van der Waals surface area contributed by atoms with Gasteiger partial charge in [0.1, 0.15) is 5.69 Å². The summed E-state index contributed by atoms with van der Waals surface area (Å²) >= 11 is 6.39. The number of pyridine rings is 2. The smallest absolute Gasteiger partial charge is 0.375 e. The van der Waals surface area contributed by atoms with Gasteiger partial charge >= 0.3 is 5.76 Å². The van der Waals surface area contributed by atoms with Crippen LogP contribution in [0.4, 0.5) is 5.95 Å². The van der Waals surface area contributed by atoms with E-state index in [2.05, 4.69) is 45.4 Å². The first-order chi connectivity index (χ1) is 18.9. The Balaban J connectivity index is 1.58. The van der Waals surface area contributed by atoms with Crippen molar-refractivity contribution in [1.82, 2.24) is 29.7 Å². The van der Waals surface area contributed by atoms with Crippen molar-refractivity contribution in [3.05, 3.63) is 40.1 Å². The van der Waals surface area contributed by atoms with E-state index >= 15 is 0 Å². The first kappa shape index (κ1) is 26.0. The summed E-state index contributed by atoms with van der Waals surface area (Å²) in [6, 6.07) is 3.94. The van der Waals surface area contributed by atoms with Gasteiger partial charge in [-0.05, 0) is 50.2 Å². The molecule has 0 radical (unpaired) electrons. The molecule has 5 heterocycles. The largest absolute Gasteiger partial charge is 0.439 e. The standard InChI is InChI=1S/C28H34ClN7O3/c1-4-23-17(3)38-10-9-35(23)27-32-21-12-22(26-33-28(37)39-34-26)31-24(19-11-20(29)14-30-13-19)25(21)36(27)15-18-7-5-16(2)6-8-18/h11-14,16-18,23H,4-10,15H2,1-3H3,(H,33,34,37)/t16?,17-,18?,23-/m0/s1. The summed E-state index contributed by atoms with van der Waals surface area (Å²) in [6.07, 6.45) is 9.27. The van der Waals surface area contributed by atoms with Crippen LogP contribution in [0.3, 0.4) is 0 Å². The fourth-order valence-corrected chi connectivity index (χ4v) is 6.35. The number of ether oxygens (including phenoxy) is 1. The van der Waals surface area contributed by atoms with Gasteiger partial charge in [0.2, 0.25) is 11.8 Å². The highest BCUT2D eigenvalue weighted by Crippen LogP contribution is 2.38. The van der Waals surface area contributed by atoms with Crippen LogP contribution in [0.25, 0.3) is 33.8 Å². The molecular formula is C28H34ClN7O3. The molecule has 2 atom stereocenters. The second-order valence-corrected chi connectivity index (χ2v) is 11.4. The van der Waals surface area contributed by atoms with E-state index in [4.69, 9.17) is 30.8 Å². The van der Waals surface area contributed by atoms with Gasteiger partial charge in [-0.1, -0.05) is 43.4 Å². The summed E-state index contributed by atoms with van der Waals surface area (Å²) in [6.45, 7) is 8.94. The Labute approximate surface area is 231 Å². The number of hydrogen-bond donors (Lipinski definition) is 1. The van der Waals surface area contributed by atoms with E-state index in [1.807, 2.05) is 12.1 Å². The maximum atomic E-state index is 11.8. The minimum Gasteiger partial charge on any atom is -0.375 e. The van der Waals surface area contributed by atoms with Crippen LogP contribution >= 0.6 is 11.6 Å². The Hall–Kier alpha value is -3.24. The number of morpholine rings is 1. The summed E-state index contributed by atoms with van der Waals surface area (Å²) in [5, 5.41) is 4.41. The van der Waals surface area contributed by atoms with Crippen molar-refractivity contribution in [3.8, 4) is 22.8 Å². The number of anilines is 1. The Bertz CT molecular complexity index is 1520. The first-order valence-corrected chi connectivity index (χ1v) is 14.3. The molecule has 0 aromatic carbocycles. The summed E-state index contributed by atoms with van der Waals surface area (Å²) in [5.41, 5.74) is 3.63. The summed E-state index contributed by atoms with van der Waals surface area (Å²) in [7, 11) is 0. The summed E-state index contributed by atoms with van der Waals surface area (Å²) in [4.78, 5) is 31.3. The molecule has 1 aliphatic carbocycles. The van der Waals surface area contributed by atoms with Gasteiger partial charge in [0.05, 0.1) is 40.5 Å². The molecular weight excluding hydrogens is 518 g/mol. The zero-order valence-electron chi connectivity index (χ0n) is 22.6. The Morgan fingerprint density at radius 1 is 1.13 bits per heavy atom. The summed E-state index contributed by atoms with van der Waals surface area (Å²) < 4.78 is 13.2. The lowest BCUT2D eigenvalue weighted by atomic mass is 9.83. The van der Waals surface area contributed by atoms with Gasteiger partial charge in [-0.15, -0.1) is 0 Å². The fourth-order valence-electron chi connectivity index (χ4n) is 6.18. The SMILES string of the molecule is CC[C@H]1[C@H](C)OCCN1c1nc2cc(-c3noc(=O)[nH]3)nc(-c3cncc(Cl)c3)c2n1CC1CCC(C)CC1. The van der Waals surface area contributed by atoms with Gasteiger partial charge in [-0.25, -0.2) is 14.8 Å². The van der Waals surface area contributed by atoms with Crippen LogP contribution in [0.2, 0.25) is 5.02 Å². The Morgan fingerprint density at radius 2 is 1.95 bits per heavy atom. The lowest BCUT2D eigenvalue weighted by Crippen LogP contribution is -2.51. The maximum absolute atomic E-state index is 11.8. The molecule has 0 spiro atoms. The monoisotopic (exact) mass is 551 g/mol. The van der Waals surface area contributed by atoms with Crippen molar-refractivity contribution in [2.24, 2.45) is 11.8 Å². The highest BCUT2D eigenvalue weighted by Gasteiger charge is 2.33. The number of imidazole rings is 1. The number of rotatable bonds is 6. The van der Waals surface area contributed by atoms with Gasteiger partial charge in [-0.3, -0.25) is 14.5 Å². The maximum Gasteiger partial charge on any atom is 0.439 e. The van der Waals surface area contributed by atoms with Gasteiger partial charge in [0, 0.05) is 31.0 Å². The molecule has 1 N–H and O–H groups in total. The quantitative estimate of drug-likeness (QED) is 0.342. The average Bonchev–Trinajstić information content (AvgIpc) is 3.53. The average molecular weight is 552 g/mol. The Kier molecular flexibility index (Phi) is 7.16. The van der Waals surface area contributed by atoms with Crippen LogP contribution in [-0.4, -0.2) is 55.0 Å². The third-order valence-corrected chi connectivity index (χ3v) is 8.48. The molecule has 6 rings (SSSR count). The van der Waals surface area contributed by atoms with E-state index in [0.717, 1.165) is 48.0 Å². The van der Waals surface area contributed by atoms with Crippen molar-refractivity contribution >= 4 is 28.6 Å². The van der Waals surface area contributed by atoms with Crippen LogP contribution in [0.15, 0.2) is 33.8 Å². The van der Waals surface area contributed by atoms with Gasteiger partial charge < -0.3 is 14.2 Å². The van der Waals surface area contributed by atoms with Crippen molar-refractivity contribution < 1.29 is 9.26 Å². The fraction of sp³-hybridized carbons (Fsp3) is 0.536. The molecule has 1 aliphatic heterocycles. The van der Waals surface area contributed by atoms with Crippen LogP contribution in [-0.2, 0) is 11.3 Å². The number of H-pyrrole nitrogens is 1. The third kappa shape index (κ3) is 5.07. The molecule has 2 fully saturated rings. The number of aromatic nitrogens is 6. The number of hydrogen-bond acceptors (Lipinski definition) is 8. The van der Waals surface area contributed by atoms with E-state index in [9.17, 15) is 4.79 Å². The second-order valence-electron chi connectivity index (χ2n) is 11.0. The molecule has 1 saturated heterocycles. The molecule has 11 heteroatoms. The molecule has 0 bridgehead atoms. The van der Waals surface area contributed by atoms with E-state index in [1.54, 1.807) is 12.4 Å². The van der Waals surface area contributed by atoms with E-state index in [1.165, 1.54) is 25.7 Å². The van der Waals surface area contributed by atoms with Crippen LogP contribution in [0.1, 0.15) is 52.9 Å². The van der Waals surface area contributed by atoms with E-state index < -0.39 is 5.76 Å². The van der Waals surface area contributed by atoms with Crippen molar-refractivity contribution in [3.63, 3.8) is 0 Å². The van der Waals surface area contributed by atoms with Crippen molar-refractivity contribution in [2.75, 3.05) is 18.1 Å². The summed E-state index contributed by atoms with van der Waals surface area (Å²) in [5.74, 6) is 1.86. The minimum atomic E-state index is -0.635. The molecule has 39 heavy (non-hydrogen) atoms. The van der Waals surface area contributed by atoms with E-state index in [-0.39, 0.29) is 18.0 Å². The molecule has 0 amide bonds. The number of aromatic amines is 1. The van der Waals surface area contributed by atoms with Crippen LogP contribution < -0.4 is 10.7 Å². The van der Waals surface area contributed by atoms with Gasteiger partial charge in [0.15, 0.2) is 0 Å². The molecule has 0 unspecified atom stereocenters. The molecule has 10 nitrogen and oxygen atoms in total. The van der Waals surface area contributed by atoms with E-state index in [0.29, 0.717) is 28.9 Å². The molecule has 4 aromatic heterocycles. The highest BCUT2D eigenvalue weighted by atomic mass is 35.5. The molecule has 1 saturated carbocycles. The van der Waals surface area contributed by atoms with Crippen LogP contribution in [0.5, 0.6) is 0 Å². The lowest BCUT2D eigenvalue weighted by Gasteiger charge is -2.40. The minimum absolute atomic E-state index is 0.0954. The third-order valence-electron chi connectivity index (χ3n) is 8.27. The zero-order chi connectivity index (χ0) is 27.1. The second kappa shape index (κ2) is 10.7. The normalized spacial score (nSPS) is 23.9. The number of halogens is 1. The lowest BCUT2D eigenvalue weighted by molar-refractivity contribution is 0.0217. The van der Waals surface area contributed by atoms with Gasteiger partial charge in [-0.2, -0.15) is 0 Å². The molecule has 206 valence electrons. The van der Waals surface area contributed by atoms with Crippen molar-refractivity contribution in [2.45, 2.75) is 71.6 Å². The predicted molar refractivity (Wildman–Crippen MR) is 150 cm³/mol. The first-order valence-electron chi connectivity index (χ1n) is 13.9. The van der Waals surface area contributed by atoms with Crippen LogP contribution in [0, 0.1) is 11.8 Å². The topological polar surface area (TPSA) is 115 Å². The number of fused-ring (bicyclic) bond motifs is 1.